The highest BCUT2D eigenvalue weighted by molar-refractivity contribution is 7.11. The van der Waals surface area contributed by atoms with Crippen LogP contribution in [-0.2, 0) is 6.42 Å². The predicted molar refractivity (Wildman–Crippen MR) is 59.9 cm³/mol. The van der Waals surface area contributed by atoms with Crippen LogP contribution in [0, 0.1) is 18.3 Å². The largest absolute Gasteiger partial charge is 0.144 e. The molecule has 0 aliphatic heterocycles. The number of halogens is 1. The van der Waals surface area contributed by atoms with Crippen molar-refractivity contribution in [3.63, 3.8) is 0 Å². The van der Waals surface area contributed by atoms with Gasteiger partial charge in [0.25, 0.3) is 0 Å². The van der Waals surface area contributed by atoms with Gasteiger partial charge in [-0.3, -0.25) is 0 Å². The first-order valence-corrected chi connectivity index (χ1v) is 6.34. The van der Waals surface area contributed by atoms with E-state index >= 15 is 0 Å². The minimum atomic E-state index is 0.326. The van der Waals surface area contributed by atoms with Crippen LogP contribution in [-0.4, -0.2) is 16.1 Å². The Hall–Kier alpha value is -0.150. The van der Waals surface area contributed by atoms with Gasteiger partial charge in [0.15, 0.2) is 0 Å². The number of aromatic nitrogens is 2. The SMILES string of the molecule is Cc1nnc(CC2(CCl)CC(C)C2)s1. The van der Waals surface area contributed by atoms with E-state index in [1.807, 2.05) is 6.92 Å². The van der Waals surface area contributed by atoms with Crippen molar-refractivity contribution in [1.82, 2.24) is 10.2 Å². The minimum absolute atomic E-state index is 0.326. The van der Waals surface area contributed by atoms with Crippen molar-refractivity contribution in [1.29, 1.82) is 0 Å². The summed E-state index contributed by atoms with van der Waals surface area (Å²) in [6, 6.07) is 0. The molecule has 78 valence electrons. The molecule has 0 radical (unpaired) electrons. The normalized spacial score (nSPS) is 31.5. The molecular formula is C10H15ClN2S. The van der Waals surface area contributed by atoms with Crippen molar-refractivity contribution in [3.8, 4) is 0 Å². The van der Waals surface area contributed by atoms with Crippen LogP contribution in [0.2, 0.25) is 0 Å². The van der Waals surface area contributed by atoms with Gasteiger partial charge in [0, 0.05) is 12.3 Å². The van der Waals surface area contributed by atoms with Gasteiger partial charge in [-0.15, -0.1) is 33.1 Å². The molecule has 1 fully saturated rings. The number of hydrogen-bond donors (Lipinski definition) is 0. The molecule has 1 saturated carbocycles. The highest BCUT2D eigenvalue weighted by atomic mass is 35.5. The lowest BCUT2D eigenvalue weighted by atomic mass is 9.62. The van der Waals surface area contributed by atoms with E-state index in [2.05, 4.69) is 17.1 Å². The molecule has 1 aliphatic rings. The summed E-state index contributed by atoms with van der Waals surface area (Å²) in [6.45, 7) is 4.29. The Morgan fingerprint density at radius 3 is 2.64 bits per heavy atom. The molecule has 0 atom stereocenters. The summed E-state index contributed by atoms with van der Waals surface area (Å²) < 4.78 is 0. The Kier molecular flexibility index (Phi) is 2.80. The summed E-state index contributed by atoms with van der Waals surface area (Å²) in [5, 5.41) is 10.4. The average Bonchev–Trinajstić information content (AvgIpc) is 2.48. The van der Waals surface area contributed by atoms with Gasteiger partial charge >= 0.3 is 0 Å². The number of alkyl halides is 1. The predicted octanol–water partition coefficient (Wildman–Crippen LogP) is 3.04. The second-order valence-electron chi connectivity index (χ2n) is 4.54. The van der Waals surface area contributed by atoms with E-state index in [0.29, 0.717) is 5.41 Å². The summed E-state index contributed by atoms with van der Waals surface area (Å²) in [5.74, 6) is 1.60. The average molecular weight is 231 g/mol. The molecule has 0 aromatic carbocycles. The zero-order chi connectivity index (χ0) is 10.2. The summed E-state index contributed by atoms with van der Waals surface area (Å²) in [4.78, 5) is 0. The maximum absolute atomic E-state index is 6.04. The Bertz CT molecular complexity index is 318. The molecule has 4 heteroatoms. The van der Waals surface area contributed by atoms with Crippen LogP contribution >= 0.6 is 22.9 Å². The number of nitrogens with zero attached hydrogens (tertiary/aromatic N) is 2. The molecule has 0 amide bonds. The lowest BCUT2D eigenvalue weighted by Crippen LogP contribution is -2.39. The molecule has 1 aromatic rings. The minimum Gasteiger partial charge on any atom is -0.144 e. The summed E-state index contributed by atoms with van der Waals surface area (Å²) in [6.07, 6.45) is 3.51. The van der Waals surface area contributed by atoms with E-state index in [-0.39, 0.29) is 0 Å². The van der Waals surface area contributed by atoms with Gasteiger partial charge in [-0.1, -0.05) is 6.92 Å². The second-order valence-corrected chi connectivity index (χ2v) is 6.07. The van der Waals surface area contributed by atoms with E-state index in [0.717, 1.165) is 28.2 Å². The van der Waals surface area contributed by atoms with Gasteiger partial charge in [0.05, 0.1) is 0 Å². The first-order chi connectivity index (χ1) is 6.63. The van der Waals surface area contributed by atoms with Gasteiger partial charge < -0.3 is 0 Å². The van der Waals surface area contributed by atoms with E-state index in [9.17, 15) is 0 Å². The topological polar surface area (TPSA) is 25.8 Å². The van der Waals surface area contributed by atoms with Gasteiger partial charge in [-0.05, 0) is 31.1 Å². The molecule has 0 N–H and O–H groups in total. The summed E-state index contributed by atoms with van der Waals surface area (Å²) in [7, 11) is 0. The Balaban J connectivity index is 2.02. The lowest BCUT2D eigenvalue weighted by Gasteiger charge is -2.45. The van der Waals surface area contributed by atoms with Gasteiger partial charge in [0.2, 0.25) is 0 Å². The molecule has 1 aromatic heterocycles. The zero-order valence-corrected chi connectivity index (χ0v) is 10.2. The van der Waals surface area contributed by atoms with Crippen LogP contribution in [0.15, 0.2) is 0 Å². The molecule has 0 unspecified atom stereocenters. The number of rotatable bonds is 3. The van der Waals surface area contributed by atoms with Crippen molar-refractivity contribution in [2.45, 2.75) is 33.1 Å². The molecule has 1 aliphatic carbocycles. The fourth-order valence-electron chi connectivity index (χ4n) is 2.45. The summed E-state index contributed by atoms with van der Waals surface area (Å²) >= 11 is 7.74. The van der Waals surface area contributed by atoms with Crippen LogP contribution in [0.3, 0.4) is 0 Å². The molecule has 0 saturated heterocycles. The van der Waals surface area contributed by atoms with Crippen LogP contribution in [0.4, 0.5) is 0 Å². The first-order valence-electron chi connectivity index (χ1n) is 4.98. The van der Waals surface area contributed by atoms with Crippen LogP contribution in [0.1, 0.15) is 29.8 Å². The van der Waals surface area contributed by atoms with E-state index in [1.54, 1.807) is 11.3 Å². The Morgan fingerprint density at radius 1 is 1.50 bits per heavy atom. The molecule has 0 bridgehead atoms. The second kappa shape index (κ2) is 3.78. The summed E-state index contributed by atoms with van der Waals surface area (Å²) in [5.41, 5.74) is 0.326. The van der Waals surface area contributed by atoms with Gasteiger partial charge in [-0.25, -0.2) is 0 Å². The third kappa shape index (κ3) is 1.94. The first kappa shape index (κ1) is 10.4. The molecule has 2 nitrogen and oxygen atoms in total. The maximum Gasteiger partial charge on any atom is 0.118 e. The van der Waals surface area contributed by atoms with Crippen molar-refractivity contribution < 1.29 is 0 Å². The zero-order valence-electron chi connectivity index (χ0n) is 8.59. The van der Waals surface area contributed by atoms with Crippen molar-refractivity contribution in [3.05, 3.63) is 10.0 Å². The van der Waals surface area contributed by atoms with Crippen LogP contribution in [0.5, 0.6) is 0 Å². The number of hydrogen-bond acceptors (Lipinski definition) is 3. The highest BCUT2D eigenvalue weighted by Gasteiger charge is 2.41. The standard InChI is InChI=1S/C10H15ClN2S/c1-7-3-10(4-7,6-11)5-9-13-12-8(2)14-9/h7H,3-6H2,1-2H3. The molecule has 2 rings (SSSR count). The van der Waals surface area contributed by atoms with E-state index in [4.69, 9.17) is 11.6 Å². The third-order valence-electron chi connectivity index (χ3n) is 2.94. The Morgan fingerprint density at radius 2 is 2.21 bits per heavy atom. The lowest BCUT2D eigenvalue weighted by molar-refractivity contribution is 0.0922. The van der Waals surface area contributed by atoms with Crippen LogP contribution in [0.25, 0.3) is 0 Å². The molecular weight excluding hydrogens is 216 g/mol. The van der Waals surface area contributed by atoms with E-state index < -0.39 is 0 Å². The molecule has 1 heterocycles. The maximum atomic E-state index is 6.04. The van der Waals surface area contributed by atoms with Gasteiger partial charge in [-0.2, -0.15) is 0 Å². The van der Waals surface area contributed by atoms with Crippen LogP contribution < -0.4 is 0 Å². The highest BCUT2D eigenvalue weighted by Crippen LogP contribution is 2.48. The fourth-order valence-corrected chi connectivity index (χ4v) is 3.64. The molecule has 0 spiro atoms. The quantitative estimate of drug-likeness (QED) is 0.746. The smallest absolute Gasteiger partial charge is 0.118 e. The number of aryl methyl sites for hydroxylation is 1. The van der Waals surface area contributed by atoms with Crippen molar-refractivity contribution in [2.75, 3.05) is 5.88 Å². The fraction of sp³-hybridized carbons (Fsp3) is 0.800. The van der Waals surface area contributed by atoms with Gasteiger partial charge in [0.1, 0.15) is 10.0 Å². The van der Waals surface area contributed by atoms with Crippen molar-refractivity contribution >= 4 is 22.9 Å². The van der Waals surface area contributed by atoms with Crippen molar-refractivity contribution in [2.24, 2.45) is 11.3 Å². The monoisotopic (exact) mass is 230 g/mol. The third-order valence-corrected chi connectivity index (χ3v) is 4.35. The van der Waals surface area contributed by atoms with E-state index in [1.165, 1.54) is 12.8 Å². The molecule has 14 heavy (non-hydrogen) atoms. The Labute approximate surface area is 93.7 Å².